The van der Waals surface area contributed by atoms with Gasteiger partial charge in [0.1, 0.15) is 12.2 Å². The molecule has 154 valence electrons. The number of guanidine groups is 1. The van der Waals surface area contributed by atoms with Crippen molar-refractivity contribution in [3.05, 3.63) is 47.3 Å². The van der Waals surface area contributed by atoms with E-state index in [9.17, 15) is 0 Å². The second kappa shape index (κ2) is 10.6. The number of aliphatic imine (C=N–C) groups is 1. The number of benzene rings is 1. The molecule has 0 amide bonds. The van der Waals surface area contributed by atoms with Crippen molar-refractivity contribution in [2.75, 3.05) is 19.6 Å². The van der Waals surface area contributed by atoms with Crippen LogP contribution in [0.2, 0.25) is 5.02 Å². The Kier molecular flexibility index (Phi) is 7.57. The predicted octanol–water partition coefficient (Wildman–Crippen LogP) is 2.34. The minimum atomic E-state index is 0.532. The maximum absolute atomic E-state index is 5.91. The summed E-state index contributed by atoms with van der Waals surface area (Å²) in [5.41, 5.74) is 0.864. The van der Waals surface area contributed by atoms with E-state index in [0.29, 0.717) is 29.7 Å². The molecule has 0 atom stereocenters. The molecule has 2 heterocycles. The molecule has 2 aromatic heterocycles. The Balaban J connectivity index is 1.50. The summed E-state index contributed by atoms with van der Waals surface area (Å²) in [5.74, 6) is 2.82. The van der Waals surface area contributed by atoms with Crippen LogP contribution >= 0.6 is 11.6 Å². The molecule has 10 heteroatoms. The summed E-state index contributed by atoms with van der Waals surface area (Å²) < 4.78 is 7.36. The third-order valence-corrected chi connectivity index (χ3v) is 4.42. The Labute approximate surface area is 174 Å². The number of hydrogen-bond donors (Lipinski definition) is 2. The van der Waals surface area contributed by atoms with Gasteiger partial charge in [-0.05, 0) is 31.2 Å². The first kappa shape index (κ1) is 20.8. The zero-order chi connectivity index (χ0) is 20.5. The van der Waals surface area contributed by atoms with Crippen molar-refractivity contribution in [3.8, 4) is 11.4 Å². The van der Waals surface area contributed by atoms with Crippen molar-refractivity contribution in [1.29, 1.82) is 0 Å². The molecule has 29 heavy (non-hydrogen) atoms. The maximum Gasteiger partial charge on any atom is 0.228 e. The topological polar surface area (TPSA) is 106 Å². The zero-order valence-corrected chi connectivity index (χ0v) is 17.4. The van der Waals surface area contributed by atoms with Gasteiger partial charge in [0.15, 0.2) is 5.96 Å². The lowest BCUT2D eigenvalue weighted by Crippen LogP contribution is -2.39. The van der Waals surface area contributed by atoms with E-state index in [4.69, 9.17) is 16.1 Å². The lowest BCUT2D eigenvalue weighted by atomic mass is 10.2. The number of hydrogen-bond acceptors (Lipinski definition) is 6. The van der Waals surface area contributed by atoms with E-state index in [1.807, 2.05) is 23.6 Å². The monoisotopic (exact) mass is 416 g/mol. The molecule has 0 radical (unpaired) electrons. The molecule has 0 saturated carbocycles. The summed E-state index contributed by atoms with van der Waals surface area (Å²) in [6.45, 7) is 6.90. The first-order valence-corrected chi connectivity index (χ1v) is 10.0. The molecule has 0 aliphatic heterocycles. The SMILES string of the molecule is CCNC(=NCCc1nc(-c2ccc(Cl)cc2)no1)NCCn1cnnc1CC. The van der Waals surface area contributed by atoms with Crippen LogP contribution in [0.4, 0.5) is 0 Å². The standard InChI is InChI=1S/C19H25ClN8O/c1-3-16-26-24-13-28(16)12-11-23-19(21-4-2)22-10-9-17-25-18(27-29-17)14-5-7-15(20)8-6-14/h5-8,13H,3-4,9-12H2,1-2H3,(H2,21,22,23). The van der Waals surface area contributed by atoms with Crippen molar-refractivity contribution in [2.45, 2.75) is 33.2 Å². The third-order valence-electron chi connectivity index (χ3n) is 4.17. The van der Waals surface area contributed by atoms with Crippen molar-refractivity contribution in [2.24, 2.45) is 4.99 Å². The van der Waals surface area contributed by atoms with E-state index in [1.165, 1.54) is 0 Å². The van der Waals surface area contributed by atoms with Gasteiger partial charge in [0.05, 0.1) is 6.54 Å². The number of aryl methyl sites for hydroxylation is 1. The van der Waals surface area contributed by atoms with Gasteiger partial charge in [0.2, 0.25) is 11.7 Å². The van der Waals surface area contributed by atoms with Gasteiger partial charge >= 0.3 is 0 Å². The van der Waals surface area contributed by atoms with E-state index in [2.05, 4.69) is 42.9 Å². The second-order valence-corrected chi connectivity index (χ2v) is 6.69. The normalized spacial score (nSPS) is 11.6. The van der Waals surface area contributed by atoms with Gasteiger partial charge in [-0.2, -0.15) is 4.98 Å². The molecule has 0 bridgehead atoms. The second-order valence-electron chi connectivity index (χ2n) is 6.25. The lowest BCUT2D eigenvalue weighted by Gasteiger charge is -2.12. The zero-order valence-electron chi connectivity index (χ0n) is 16.6. The summed E-state index contributed by atoms with van der Waals surface area (Å²) in [7, 11) is 0. The van der Waals surface area contributed by atoms with Crippen LogP contribution in [0.5, 0.6) is 0 Å². The van der Waals surface area contributed by atoms with Crippen molar-refractivity contribution in [1.82, 2.24) is 35.5 Å². The maximum atomic E-state index is 5.91. The highest BCUT2D eigenvalue weighted by Gasteiger charge is 2.08. The summed E-state index contributed by atoms with van der Waals surface area (Å²) in [6.07, 6.45) is 3.16. The summed E-state index contributed by atoms with van der Waals surface area (Å²) in [6, 6.07) is 7.33. The first-order chi connectivity index (χ1) is 14.2. The van der Waals surface area contributed by atoms with Crippen LogP contribution in [0.1, 0.15) is 25.6 Å². The highest BCUT2D eigenvalue weighted by molar-refractivity contribution is 6.30. The van der Waals surface area contributed by atoms with Crippen LogP contribution in [0.3, 0.4) is 0 Å². The molecule has 1 aromatic carbocycles. The Morgan fingerprint density at radius 1 is 1.21 bits per heavy atom. The number of nitrogens with one attached hydrogen (secondary N) is 2. The van der Waals surface area contributed by atoms with Crippen LogP contribution in [0.25, 0.3) is 11.4 Å². The number of rotatable bonds is 9. The molecule has 9 nitrogen and oxygen atoms in total. The van der Waals surface area contributed by atoms with E-state index in [1.54, 1.807) is 18.5 Å². The van der Waals surface area contributed by atoms with Gasteiger partial charge in [-0.15, -0.1) is 10.2 Å². The van der Waals surface area contributed by atoms with Gasteiger partial charge in [0.25, 0.3) is 0 Å². The van der Waals surface area contributed by atoms with Gasteiger partial charge in [0, 0.05) is 43.1 Å². The van der Waals surface area contributed by atoms with Crippen LogP contribution in [0.15, 0.2) is 40.1 Å². The number of nitrogens with zero attached hydrogens (tertiary/aromatic N) is 6. The van der Waals surface area contributed by atoms with Crippen molar-refractivity contribution in [3.63, 3.8) is 0 Å². The molecular weight excluding hydrogens is 392 g/mol. The van der Waals surface area contributed by atoms with E-state index in [-0.39, 0.29) is 0 Å². The molecular formula is C19H25ClN8O. The molecule has 0 fully saturated rings. The van der Waals surface area contributed by atoms with Crippen LogP contribution in [-0.4, -0.2) is 50.5 Å². The first-order valence-electron chi connectivity index (χ1n) is 9.67. The average Bonchev–Trinajstić information content (AvgIpc) is 3.38. The highest BCUT2D eigenvalue weighted by atomic mass is 35.5. The minimum absolute atomic E-state index is 0.532. The largest absolute Gasteiger partial charge is 0.357 e. The molecule has 3 aromatic rings. The Morgan fingerprint density at radius 2 is 2.03 bits per heavy atom. The Bertz CT molecular complexity index is 918. The van der Waals surface area contributed by atoms with Gasteiger partial charge < -0.3 is 19.7 Å². The Hall–Kier alpha value is -2.94. The molecule has 3 rings (SSSR count). The number of aromatic nitrogens is 5. The number of halogens is 1. The van der Waals surface area contributed by atoms with Gasteiger partial charge in [-0.3, -0.25) is 4.99 Å². The predicted molar refractivity (Wildman–Crippen MR) is 112 cm³/mol. The van der Waals surface area contributed by atoms with Gasteiger partial charge in [-0.25, -0.2) is 0 Å². The van der Waals surface area contributed by atoms with E-state index in [0.717, 1.165) is 43.4 Å². The average molecular weight is 417 g/mol. The van der Waals surface area contributed by atoms with Crippen LogP contribution in [0, 0.1) is 0 Å². The molecule has 0 spiro atoms. The Morgan fingerprint density at radius 3 is 2.79 bits per heavy atom. The molecule has 0 unspecified atom stereocenters. The molecule has 2 N–H and O–H groups in total. The molecule has 0 aliphatic carbocycles. The minimum Gasteiger partial charge on any atom is -0.357 e. The van der Waals surface area contributed by atoms with Crippen molar-refractivity contribution >= 4 is 17.6 Å². The summed E-state index contributed by atoms with van der Waals surface area (Å²) in [4.78, 5) is 8.99. The summed E-state index contributed by atoms with van der Waals surface area (Å²) in [5, 5.41) is 19.3. The highest BCUT2D eigenvalue weighted by Crippen LogP contribution is 2.18. The molecule has 0 aliphatic rings. The quantitative estimate of drug-likeness (QED) is 0.407. The van der Waals surface area contributed by atoms with E-state index >= 15 is 0 Å². The fourth-order valence-corrected chi connectivity index (χ4v) is 2.84. The fourth-order valence-electron chi connectivity index (χ4n) is 2.71. The summed E-state index contributed by atoms with van der Waals surface area (Å²) >= 11 is 5.91. The molecule has 0 saturated heterocycles. The fraction of sp³-hybridized carbons (Fsp3) is 0.421. The third kappa shape index (κ3) is 6.02. The van der Waals surface area contributed by atoms with E-state index < -0.39 is 0 Å². The van der Waals surface area contributed by atoms with Crippen LogP contribution < -0.4 is 10.6 Å². The van der Waals surface area contributed by atoms with Gasteiger partial charge in [-0.1, -0.05) is 23.7 Å². The van der Waals surface area contributed by atoms with Crippen molar-refractivity contribution < 1.29 is 4.52 Å². The smallest absolute Gasteiger partial charge is 0.228 e. The van der Waals surface area contributed by atoms with Crippen LogP contribution in [-0.2, 0) is 19.4 Å². The lowest BCUT2D eigenvalue weighted by molar-refractivity contribution is 0.380.